The molecule has 2 heterocycles. The van der Waals surface area contributed by atoms with E-state index in [0.717, 1.165) is 25.2 Å². The number of hydrogen-bond acceptors (Lipinski definition) is 3. The molecule has 2 saturated heterocycles. The van der Waals surface area contributed by atoms with Crippen molar-refractivity contribution in [3.8, 4) is 0 Å². The van der Waals surface area contributed by atoms with Crippen LogP contribution in [0.15, 0.2) is 48.5 Å². The van der Waals surface area contributed by atoms with Crippen molar-refractivity contribution in [2.75, 3.05) is 11.9 Å². The van der Waals surface area contributed by atoms with E-state index < -0.39 is 0 Å². The topological polar surface area (TPSA) is 33.3 Å². The van der Waals surface area contributed by atoms with E-state index in [4.69, 9.17) is 4.74 Å². The van der Waals surface area contributed by atoms with Gasteiger partial charge in [-0.25, -0.2) is 0 Å². The number of nitrogens with one attached hydrogen (secondary N) is 2. The Balaban J connectivity index is 1.38. The van der Waals surface area contributed by atoms with Crippen LogP contribution in [0.2, 0.25) is 0 Å². The van der Waals surface area contributed by atoms with Crippen molar-refractivity contribution < 1.29 is 4.74 Å². The number of ether oxygens (including phenoxy) is 1. The summed E-state index contributed by atoms with van der Waals surface area (Å²) in [7, 11) is 0. The smallest absolute Gasteiger partial charge is 0.0983 e. The second kappa shape index (κ2) is 5.75. The van der Waals surface area contributed by atoms with Crippen molar-refractivity contribution in [3.63, 3.8) is 0 Å². The molecular weight excluding hydrogens is 272 g/mol. The largest absolute Gasteiger partial charge is 0.381 e. The van der Waals surface area contributed by atoms with Crippen molar-refractivity contribution in [2.24, 2.45) is 0 Å². The Morgan fingerprint density at radius 2 is 1.86 bits per heavy atom. The van der Waals surface area contributed by atoms with E-state index in [9.17, 15) is 0 Å². The molecule has 2 N–H and O–H groups in total. The lowest BCUT2D eigenvalue weighted by molar-refractivity contribution is 0.0160. The normalized spacial score (nSPS) is 26.3. The fourth-order valence-electron chi connectivity index (χ4n) is 3.38. The van der Waals surface area contributed by atoms with Gasteiger partial charge >= 0.3 is 0 Å². The predicted octanol–water partition coefficient (Wildman–Crippen LogP) is 3.41. The Hall–Kier alpha value is -1.84. The number of morpholine rings is 1. The van der Waals surface area contributed by atoms with Gasteiger partial charge in [-0.15, -0.1) is 0 Å². The van der Waals surface area contributed by atoms with E-state index >= 15 is 0 Å². The fraction of sp³-hybridized carbons (Fsp3) is 0.368. The summed E-state index contributed by atoms with van der Waals surface area (Å²) in [6.45, 7) is 3.98. The Bertz CT molecular complexity index is 635. The minimum atomic E-state index is 0.227. The second-order valence-corrected chi connectivity index (χ2v) is 6.39. The van der Waals surface area contributed by atoms with Crippen LogP contribution in [0.1, 0.15) is 29.2 Å². The third-order valence-electron chi connectivity index (χ3n) is 4.69. The van der Waals surface area contributed by atoms with Crippen LogP contribution in [0.25, 0.3) is 0 Å². The van der Waals surface area contributed by atoms with Gasteiger partial charge in [-0.3, -0.25) is 0 Å². The van der Waals surface area contributed by atoms with Gasteiger partial charge in [-0.2, -0.15) is 0 Å². The fourth-order valence-corrected chi connectivity index (χ4v) is 3.38. The van der Waals surface area contributed by atoms with Crippen LogP contribution in [-0.4, -0.2) is 18.7 Å². The number of fused-ring (bicyclic) bond motifs is 2. The zero-order chi connectivity index (χ0) is 14.9. The first-order chi connectivity index (χ1) is 10.8. The minimum Gasteiger partial charge on any atom is -0.381 e. The van der Waals surface area contributed by atoms with Crippen molar-refractivity contribution >= 4 is 5.69 Å². The van der Waals surface area contributed by atoms with E-state index in [1.54, 1.807) is 0 Å². The minimum absolute atomic E-state index is 0.227. The predicted molar refractivity (Wildman–Crippen MR) is 89.0 cm³/mol. The Morgan fingerprint density at radius 3 is 2.50 bits per heavy atom. The highest BCUT2D eigenvalue weighted by molar-refractivity contribution is 5.46. The van der Waals surface area contributed by atoms with Gasteiger partial charge in [0.25, 0.3) is 0 Å². The second-order valence-electron chi connectivity index (χ2n) is 6.39. The van der Waals surface area contributed by atoms with E-state index in [0.29, 0.717) is 12.1 Å². The molecule has 2 aliphatic heterocycles. The van der Waals surface area contributed by atoms with Gasteiger partial charge in [-0.05, 0) is 36.6 Å². The molecule has 4 rings (SSSR count). The Kier molecular flexibility index (Phi) is 3.60. The molecule has 0 aliphatic carbocycles. The summed E-state index contributed by atoms with van der Waals surface area (Å²) in [6, 6.07) is 17.8. The number of rotatable bonds is 4. The van der Waals surface area contributed by atoms with Gasteiger partial charge in [0.05, 0.1) is 12.2 Å². The maximum atomic E-state index is 6.04. The molecule has 0 saturated carbocycles. The molecule has 3 heteroatoms. The molecule has 2 fully saturated rings. The molecule has 2 aromatic carbocycles. The molecule has 3 nitrogen and oxygen atoms in total. The maximum Gasteiger partial charge on any atom is 0.0983 e. The Labute approximate surface area is 131 Å². The average Bonchev–Trinajstić information content (AvgIpc) is 3.18. The molecule has 22 heavy (non-hydrogen) atoms. The summed E-state index contributed by atoms with van der Waals surface area (Å²) in [5.41, 5.74) is 5.03. The lowest BCUT2D eigenvalue weighted by atomic mass is 10.0. The lowest BCUT2D eigenvalue weighted by Crippen LogP contribution is -2.33. The first-order valence-corrected chi connectivity index (χ1v) is 8.06. The first-order valence-electron chi connectivity index (χ1n) is 8.06. The maximum absolute atomic E-state index is 6.04. The quantitative estimate of drug-likeness (QED) is 0.906. The van der Waals surface area contributed by atoms with Crippen molar-refractivity contribution in [1.82, 2.24) is 5.32 Å². The van der Waals surface area contributed by atoms with Crippen molar-refractivity contribution in [3.05, 3.63) is 65.2 Å². The number of aryl methyl sites for hydroxylation is 1. The molecule has 0 aromatic heterocycles. The van der Waals surface area contributed by atoms with Crippen LogP contribution in [0, 0.1) is 6.92 Å². The van der Waals surface area contributed by atoms with E-state index in [-0.39, 0.29) is 6.10 Å². The number of anilines is 1. The first kappa shape index (κ1) is 13.8. The van der Waals surface area contributed by atoms with E-state index in [1.165, 1.54) is 16.7 Å². The summed E-state index contributed by atoms with van der Waals surface area (Å²) in [5.74, 6) is 0. The standard InChI is InChI=1S/C19H22N2O/c1-13-2-4-14(5-3-13)11-20-16-8-6-15(7-9-16)19-18-10-17(22-19)12-21-18/h2-9,17-21H,10-12H2,1H3/t17-,18?,19?/m0/s1. The molecule has 0 radical (unpaired) electrons. The summed E-state index contributed by atoms with van der Waals surface area (Å²) in [6.07, 6.45) is 1.79. The summed E-state index contributed by atoms with van der Waals surface area (Å²) >= 11 is 0. The SMILES string of the molecule is Cc1ccc(CNc2ccc(C3O[C@@H]4CNC3C4)cc2)cc1. The summed E-state index contributed by atoms with van der Waals surface area (Å²) < 4.78 is 6.04. The van der Waals surface area contributed by atoms with Crippen molar-refractivity contribution in [2.45, 2.75) is 38.1 Å². The van der Waals surface area contributed by atoms with Gasteiger partial charge in [0.1, 0.15) is 0 Å². The highest BCUT2D eigenvalue weighted by Gasteiger charge is 2.41. The van der Waals surface area contributed by atoms with E-state index in [1.807, 2.05) is 0 Å². The Morgan fingerprint density at radius 1 is 1.09 bits per heavy atom. The van der Waals surface area contributed by atoms with Gasteiger partial charge in [0, 0.05) is 24.8 Å². The number of hydrogen-bond donors (Lipinski definition) is 2. The highest BCUT2D eigenvalue weighted by Crippen LogP contribution is 2.37. The van der Waals surface area contributed by atoms with Crippen LogP contribution in [0.4, 0.5) is 5.69 Å². The number of benzene rings is 2. The molecule has 114 valence electrons. The molecule has 2 aliphatic rings. The molecule has 3 atom stereocenters. The van der Waals surface area contributed by atoms with Crippen LogP contribution < -0.4 is 10.6 Å². The molecule has 0 spiro atoms. The van der Waals surface area contributed by atoms with Crippen LogP contribution in [0.3, 0.4) is 0 Å². The summed E-state index contributed by atoms with van der Waals surface area (Å²) in [5, 5.41) is 7.01. The zero-order valence-electron chi connectivity index (χ0n) is 12.9. The highest BCUT2D eigenvalue weighted by atomic mass is 16.5. The lowest BCUT2D eigenvalue weighted by Gasteiger charge is -2.23. The summed E-state index contributed by atoms with van der Waals surface area (Å²) in [4.78, 5) is 0. The van der Waals surface area contributed by atoms with Crippen molar-refractivity contribution in [1.29, 1.82) is 0 Å². The van der Waals surface area contributed by atoms with Gasteiger partial charge < -0.3 is 15.4 Å². The molecule has 0 amide bonds. The third-order valence-corrected chi connectivity index (χ3v) is 4.69. The third kappa shape index (κ3) is 2.74. The molecule has 2 aromatic rings. The average molecular weight is 294 g/mol. The monoisotopic (exact) mass is 294 g/mol. The van der Waals surface area contributed by atoms with Gasteiger partial charge in [0.2, 0.25) is 0 Å². The van der Waals surface area contributed by atoms with Gasteiger partial charge in [0.15, 0.2) is 0 Å². The van der Waals surface area contributed by atoms with Crippen LogP contribution >= 0.6 is 0 Å². The van der Waals surface area contributed by atoms with Crippen LogP contribution in [0.5, 0.6) is 0 Å². The van der Waals surface area contributed by atoms with E-state index in [2.05, 4.69) is 66.1 Å². The molecular formula is C19H22N2O. The molecule has 2 bridgehead atoms. The molecule has 2 unspecified atom stereocenters. The van der Waals surface area contributed by atoms with Crippen LogP contribution in [-0.2, 0) is 11.3 Å². The zero-order valence-corrected chi connectivity index (χ0v) is 12.9. The van der Waals surface area contributed by atoms with Gasteiger partial charge in [-0.1, -0.05) is 42.0 Å².